The second-order valence-corrected chi connectivity index (χ2v) is 11.6. The molecule has 0 rings (SSSR count). The molecule has 0 aromatic carbocycles. The van der Waals surface area contributed by atoms with Gasteiger partial charge in [0.2, 0.25) is 0 Å². The summed E-state index contributed by atoms with van der Waals surface area (Å²) in [5, 5.41) is 0. The lowest BCUT2D eigenvalue weighted by Crippen LogP contribution is -2.42. The Hall–Kier alpha value is -0.530. The van der Waals surface area contributed by atoms with Crippen LogP contribution in [0.25, 0.3) is 0 Å². The molecule has 31 heavy (non-hydrogen) atoms. The third-order valence-electron chi connectivity index (χ3n) is 7.15. The van der Waals surface area contributed by atoms with Gasteiger partial charge in [-0.25, -0.2) is 0 Å². The first kappa shape index (κ1) is 30.5. The maximum Gasteiger partial charge on any atom is 0.312 e. The summed E-state index contributed by atoms with van der Waals surface area (Å²) in [6, 6.07) is 0. The molecule has 0 fully saturated rings. The lowest BCUT2D eigenvalue weighted by atomic mass is 9.64. The van der Waals surface area contributed by atoms with E-state index in [1.165, 1.54) is 96.3 Å². The lowest BCUT2D eigenvalue weighted by Gasteiger charge is -2.40. The van der Waals surface area contributed by atoms with Gasteiger partial charge in [0.05, 0.1) is 12.0 Å². The summed E-state index contributed by atoms with van der Waals surface area (Å²) in [7, 11) is 0. The Bertz CT molecular complexity index is 421. The average Bonchev–Trinajstić information content (AvgIpc) is 2.68. The van der Waals surface area contributed by atoms with Crippen molar-refractivity contribution in [3.8, 4) is 0 Å². The molecule has 0 aromatic rings. The van der Waals surface area contributed by atoms with E-state index in [1.54, 1.807) is 0 Å². The second kappa shape index (κ2) is 18.0. The van der Waals surface area contributed by atoms with E-state index in [2.05, 4.69) is 48.5 Å². The summed E-state index contributed by atoms with van der Waals surface area (Å²) < 4.78 is 5.71. The number of hydrogen-bond donors (Lipinski definition) is 0. The molecule has 0 N–H and O–H groups in total. The molecule has 2 heteroatoms. The van der Waals surface area contributed by atoms with Crippen LogP contribution < -0.4 is 0 Å². The predicted molar refractivity (Wildman–Crippen MR) is 138 cm³/mol. The van der Waals surface area contributed by atoms with Crippen molar-refractivity contribution < 1.29 is 9.53 Å². The molecule has 0 aliphatic heterocycles. The number of carbonyl (C=O) groups is 1. The van der Waals surface area contributed by atoms with Crippen molar-refractivity contribution in [3.05, 3.63) is 0 Å². The van der Waals surface area contributed by atoms with Gasteiger partial charge in [-0.2, -0.15) is 0 Å². The maximum absolute atomic E-state index is 12.8. The van der Waals surface area contributed by atoms with Crippen LogP contribution in [0.3, 0.4) is 0 Å². The molecule has 0 aliphatic carbocycles. The third kappa shape index (κ3) is 15.0. The fourth-order valence-electron chi connectivity index (χ4n) is 4.49. The number of ether oxygens (including phenoxy) is 1. The molecule has 0 saturated heterocycles. The van der Waals surface area contributed by atoms with E-state index >= 15 is 0 Å². The Morgan fingerprint density at radius 3 is 1.32 bits per heavy atom. The van der Waals surface area contributed by atoms with Gasteiger partial charge in [-0.1, -0.05) is 138 Å². The molecule has 186 valence electrons. The molecule has 0 amide bonds. The fraction of sp³-hybridized carbons (Fsp3) is 0.966. The van der Waals surface area contributed by atoms with Crippen LogP contribution in [0.1, 0.15) is 158 Å². The summed E-state index contributed by atoms with van der Waals surface area (Å²) in [6.07, 6.45) is 22.7. The number of hydrogen-bond acceptors (Lipinski definition) is 2. The Morgan fingerprint density at radius 2 is 1.00 bits per heavy atom. The molecule has 0 bridgehead atoms. The number of carbonyl (C=O) groups excluding carboxylic acids is 1. The minimum Gasteiger partial charge on any atom is -0.465 e. The summed E-state index contributed by atoms with van der Waals surface area (Å²) in [5.41, 5.74) is -0.487. The van der Waals surface area contributed by atoms with Crippen LogP contribution in [0.2, 0.25) is 0 Å². The zero-order valence-corrected chi connectivity index (χ0v) is 22.6. The smallest absolute Gasteiger partial charge is 0.312 e. The van der Waals surface area contributed by atoms with Gasteiger partial charge in [0, 0.05) is 0 Å². The van der Waals surface area contributed by atoms with Gasteiger partial charge >= 0.3 is 5.97 Å². The van der Waals surface area contributed by atoms with Gasteiger partial charge in [0.25, 0.3) is 0 Å². The summed E-state index contributed by atoms with van der Waals surface area (Å²) in [5.74, 6) is 0.488. The van der Waals surface area contributed by atoms with E-state index in [9.17, 15) is 4.79 Å². The first-order chi connectivity index (χ1) is 14.6. The highest BCUT2D eigenvalue weighted by molar-refractivity contribution is 5.77. The Morgan fingerprint density at radius 1 is 0.645 bits per heavy atom. The third-order valence-corrected chi connectivity index (χ3v) is 7.15. The Kier molecular flexibility index (Phi) is 17.7. The molecule has 0 saturated carbocycles. The van der Waals surface area contributed by atoms with Crippen LogP contribution >= 0.6 is 0 Å². The van der Waals surface area contributed by atoms with Crippen molar-refractivity contribution >= 4 is 5.97 Å². The molecule has 1 unspecified atom stereocenters. The molecular formula is C29H58O2. The van der Waals surface area contributed by atoms with Crippen molar-refractivity contribution in [2.75, 3.05) is 6.61 Å². The van der Waals surface area contributed by atoms with Gasteiger partial charge in [0.15, 0.2) is 0 Å². The van der Waals surface area contributed by atoms with E-state index in [0.717, 1.165) is 12.8 Å². The van der Waals surface area contributed by atoms with Gasteiger partial charge < -0.3 is 4.74 Å². The first-order valence-electron chi connectivity index (χ1n) is 13.8. The van der Waals surface area contributed by atoms with Crippen molar-refractivity contribution in [2.24, 2.45) is 16.7 Å². The lowest BCUT2D eigenvalue weighted by molar-refractivity contribution is -0.163. The zero-order valence-electron chi connectivity index (χ0n) is 22.6. The summed E-state index contributed by atoms with van der Waals surface area (Å²) in [6.45, 7) is 15.8. The highest BCUT2D eigenvalue weighted by atomic mass is 16.5. The van der Waals surface area contributed by atoms with E-state index < -0.39 is 5.41 Å². The van der Waals surface area contributed by atoms with Crippen LogP contribution in [0.4, 0.5) is 0 Å². The predicted octanol–water partition coefficient (Wildman–Crippen LogP) is 9.89. The van der Waals surface area contributed by atoms with Gasteiger partial charge in [-0.15, -0.1) is 0 Å². The molecule has 0 heterocycles. The normalized spacial score (nSPS) is 14.1. The van der Waals surface area contributed by atoms with E-state index in [1.807, 2.05) is 0 Å². The van der Waals surface area contributed by atoms with Crippen LogP contribution in [-0.2, 0) is 9.53 Å². The zero-order chi connectivity index (χ0) is 23.6. The maximum atomic E-state index is 12.8. The largest absolute Gasteiger partial charge is 0.465 e. The summed E-state index contributed by atoms with van der Waals surface area (Å²) in [4.78, 5) is 12.8. The van der Waals surface area contributed by atoms with Crippen LogP contribution in [0.5, 0.6) is 0 Å². The molecule has 0 aliphatic rings. The highest BCUT2D eigenvalue weighted by Gasteiger charge is 2.45. The van der Waals surface area contributed by atoms with Crippen LogP contribution in [0.15, 0.2) is 0 Å². The highest BCUT2D eigenvalue weighted by Crippen LogP contribution is 2.44. The molecule has 0 spiro atoms. The molecule has 1 atom stereocenters. The molecule has 0 aromatic heterocycles. The fourth-order valence-corrected chi connectivity index (χ4v) is 4.49. The minimum atomic E-state index is -0.407. The minimum absolute atomic E-state index is 0.00495. The SMILES string of the molecule is CCCCCCCCCCCCCCCCCCOC(=O)C(C)(CC(C)C)C(C)(C)C. The van der Waals surface area contributed by atoms with E-state index in [-0.39, 0.29) is 11.4 Å². The average molecular weight is 439 g/mol. The van der Waals surface area contributed by atoms with Crippen molar-refractivity contribution in [1.82, 2.24) is 0 Å². The summed E-state index contributed by atoms with van der Waals surface area (Å²) >= 11 is 0. The van der Waals surface area contributed by atoms with Crippen LogP contribution in [-0.4, -0.2) is 12.6 Å². The Balaban J connectivity index is 3.60. The van der Waals surface area contributed by atoms with Gasteiger partial charge in [0.1, 0.15) is 0 Å². The Labute approximate surface area is 196 Å². The molecular weight excluding hydrogens is 380 g/mol. The van der Waals surface area contributed by atoms with Gasteiger partial charge in [-0.05, 0) is 31.1 Å². The topological polar surface area (TPSA) is 26.3 Å². The number of esters is 1. The van der Waals surface area contributed by atoms with Crippen LogP contribution in [0, 0.1) is 16.7 Å². The molecule has 0 radical (unpaired) electrons. The quantitative estimate of drug-likeness (QED) is 0.140. The van der Waals surface area contributed by atoms with Crippen molar-refractivity contribution in [3.63, 3.8) is 0 Å². The van der Waals surface area contributed by atoms with Gasteiger partial charge in [-0.3, -0.25) is 4.79 Å². The first-order valence-corrected chi connectivity index (χ1v) is 13.8. The van der Waals surface area contributed by atoms with Crippen molar-refractivity contribution in [2.45, 2.75) is 158 Å². The van der Waals surface area contributed by atoms with Crippen molar-refractivity contribution in [1.29, 1.82) is 0 Å². The van der Waals surface area contributed by atoms with E-state index in [0.29, 0.717) is 12.5 Å². The number of rotatable bonds is 20. The molecule has 2 nitrogen and oxygen atoms in total. The standard InChI is InChI=1S/C29H58O2/c1-8-9-10-11-12-13-14-15-16-17-18-19-20-21-22-23-24-31-27(30)29(7,25-26(2)3)28(4,5)6/h26H,8-25H2,1-7H3. The number of unbranched alkanes of at least 4 members (excludes halogenated alkanes) is 15. The second-order valence-electron chi connectivity index (χ2n) is 11.6. The monoisotopic (exact) mass is 438 g/mol. The van der Waals surface area contributed by atoms with E-state index in [4.69, 9.17) is 4.74 Å².